The minimum absolute atomic E-state index is 0.0373. The number of ketones is 1. The highest BCUT2D eigenvalue weighted by Gasteiger charge is 2.07. The molecule has 3 aromatic carbocycles. The van der Waals surface area contributed by atoms with Crippen LogP contribution in [0.5, 0.6) is 11.5 Å². The molecule has 0 saturated carbocycles. The van der Waals surface area contributed by atoms with Crippen molar-refractivity contribution in [1.29, 1.82) is 0 Å². The van der Waals surface area contributed by atoms with E-state index in [0.29, 0.717) is 28.7 Å². The Morgan fingerprint density at radius 3 is 2.46 bits per heavy atom. The van der Waals surface area contributed by atoms with E-state index < -0.39 is 0 Å². The summed E-state index contributed by atoms with van der Waals surface area (Å²) in [6.45, 7) is 2.30. The summed E-state index contributed by atoms with van der Waals surface area (Å²) < 4.78 is 11.2. The van der Waals surface area contributed by atoms with Crippen LogP contribution in [0.1, 0.15) is 27.0 Å². The van der Waals surface area contributed by atoms with Gasteiger partial charge in [-0.2, -0.15) is 0 Å². The van der Waals surface area contributed by atoms with Gasteiger partial charge in [-0.1, -0.05) is 65.7 Å². The first kappa shape index (κ1) is 19.7. The number of hydrogen-bond acceptors (Lipinski definition) is 3. The first-order valence-electron chi connectivity index (χ1n) is 8.90. The van der Waals surface area contributed by atoms with E-state index in [-0.39, 0.29) is 5.78 Å². The van der Waals surface area contributed by atoms with Gasteiger partial charge < -0.3 is 9.47 Å². The van der Waals surface area contributed by atoms with Crippen molar-refractivity contribution in [2.45, 2.75) is 13.5 Å². The largest absolute Gasteiger partial charge is 0.496 e. The molecule has 142 valence electrons. The molecule has 3 aromatic rings. The molecule has 0 bridgehead atoms. The van der Waals surface area contributed by atoms with Gasteiger partial charge in [-0.05, 0) is 42.8 Å². The van der Waals surface area contributed by atoms with Gasteiger partial charge in [0.1, 0.15) is 18.1 Å². The predicted molar refractivity (Wildman–Crippen MR) is 113 cm³/mol. The quantitative estimate of drug-likeness (QED) is 0.358. The standard InChI is InChI=1S/C24H21ClO3/c1-17-7-11-19(12-8-17)22(26)13-9-18-10-14-23(27-2)20(15-18)16-28-24-6-4-3-5-21(24)25/h3-15H,16H2,1-2H3/b13-9+. The average Bonchev–Trinajstić information content (AvgIpc) is 2.72. The molecule has 3 rings (SSSR count). The number of carbonyl (C=O) groups is 1. The highest BCUT2D eigenvalue weighted by Crippen LogP contribution is 2.27. The van der Waals surface area contributed by atoms with E-state index in [4.69, 9.17) is 21.1 Å². The molecule has 0 atom stereocenters. The molecular weight excluding hydrogens is 372 g/mol. The summed E-state index contributed by atoms with van der Waals surface area (Å²) in [6.07, 6.45) is 3.37. The fraction of sp³-hybridized carbons (Fsp3) is 0.125. The lowest BCUT2D eigenvalue weighted by atomic mass is 10.1. The van der Waals surface area contributed by atoms with Crippen LogP contribution in [-0.4, -0.2) is 12.9 Å². The Morgan fingerprint density at radius 2 is 1.75 bits per heavy atom. The maximum absolute atomic E-state index is 12.3. The van der Waals surface area contributed by atoms with E-state index in [9.17, 15) is 4.79 Å². The fourth-order valence-electron chi connectivity index (χ4n) is 2.72. The summed E-state index contributed by atoms with van der Waals surface area (Å²) in [4.78, 5) is 12.3. The van der Waals surface area contributed by atoms with Crippen LogP contribution in [0.3, 0.4) is 0 Å². The molecule has 0 fully saturated rings. The number of aryl methyl sites for hydroxylation is 1. The number of hydrogen-bond donors (Lipinski definition) is 0. The zero-order chi connectivity index (χ0) is 19.9. The summed E-state index contributed by atoms with van der Waals surface area (Å²) in [7, 11) is 1.62. The molecule has 0 amide bonds. The average molecular weight is 393 g/mol. The Bertz CT molecular complexity index is 991. The molecule has 0 N–H and O–H groups in total. The number of allylic oxidation sites excluding steroid dienone is 1. The molecule has 0 aliphatic rings. The molecule has 0 spiro atoms. The molecule has 0 unspecified atom stereocenters. The number of para-hydroxylation sites is 1. The van der Waals surface area contributed by atoms with Crippen LogP contribution in [0.25, 0.3) is 6.08 Å². The highest BCUT2D eigenvalue weighted by atomic mass is 35.5. The van der Waals surface area contributed by atoms with Gasteiger partial charge in [-0.3, -0.25) is 4.79 Å². The van der Waals surface area contributed by atoms with Gasteiger partial charge in [0.2, 0.25) is 0 Å². The van der Waals surface area contributed by atoms with Gasteiger partial charge in [0.25, 0.3) is 0 Å². The lowest BCUT2D eigenvalue weighted by molar-refractivity contribution is 0.104. The molecule has 0 aromatic heterocycles. The second-order valence-corrected chi connectivity index (χ2v) is 6.76. The number of benzene rings is 3. The monoisotopic (exact) mass is 392 g/mol. The van der Waals surface area contributed by atoms with Gasteiger partial charge in [0.05, 0.1) is 12.1 Å². The Balaban J connectivity index is 1.75. The van der Waals surface area contributed by atoms with Crippen LogP contribution in [0.4, 0.5) is 0 Å². The van der Waals surface area contributed by atoms with Crippen LogP contribution in [0.15, 0.2) is 72.8 Å². The van der Waals surface area contributed by atoms with Crippen LogP contribution in [0.2, 0.25) is 5.02 Å². The minimum Gasteiger partial charge on any atom is -0.496 e. The third kappa shape index (κ3) is 5.02. The van der Waals surface area contributed by atoms with Gasteiger partial charge in [0.15, 0.2) is 5.78 Å². The number of rotatable bonds is 7. The van der Waals surface area contributed by atoms with Crippen molar-refractivity contribution in [2.75, 3.05) is 7.11 Å². The molecule has 0 heterocycles. The summed E-state index contributed by atoms with van der Waals surface area (Å²) >= 11 is 6.14. The summed E-state index contributed by atoms with van der Waals surface area (Å²) in [5.41, 5.74) is 3.54. The van der Waals surface area contributed by atoms with E-state index in [0.717, 1.165) is 16.7 Å². The maximum Gasteiger partial charge on any atom is 0.185 e. The third-order valence-corrected chi connectivity index (χ3v) is 4.60. The Kier molecular flexibility index (Phi) is 6.51. The lowest BCUT2D eigenvalue weighted by Gasteiger charge is -2.12. The molecule has 4 heteroatoms. The lowest BCUT2D eigenvalue weighted by Crippen LogP contribution is -2.00. The van der Waals surface area contributed by atoms with Crippen molar-refractivity contribution < 1.29 is 14.3 Å². The van der Waals surface area contributed by atoms with E-state index in [1.807, 2.05) is 67.6 Å². The molecule has 0 aliphatic carbocycles. The Labute approximate surface area is 170 Å². The SMILES string of the molecule is COc1ccc(/C=C/C(=O)c2ccc(C)cc2)cc1COc1ccccc1Cl. The molecule has 28 heavy (non-hydrogen) atoms. The predicted octanol–water partition coefficient (Wildman–Crippen LogP) is 6.13. The van der Waals surface area contributed by atoms with Crippen molar-refractivity contribution in [2.24, 2.45) is 0 Å². The van der Waals surface area contributed by atoms with Gasteiger partial charge in [-0.15, -0.1) is 0 Å². The van der Waals surface area contributed by atoms with E-state index >= 15 is 0 Å². The number of methoxy groups -OCH3 is 1. The minimum atomic E-state index is -0.0373. The highest BCUT2D eigenvalue weighted by molar-refractivity contribution is 6.32. The third-order valence-electron chi connectivity index (χ3n) is 4.29. The van der Waals surface area contributed by atoms with Gasteiger partial charge >= 0.3 is 0 Å². The van der Waals surface area contributed by atoms with Crippen molar-refractivity contribution in [3.05, 3.63) is 100 Å². The van der Waals surface area contributed by atoms with E-state index in [1.54, 1.807) is 25.3 Å². The molecule has 3 nitrogen and oxygen atoms in total. The fourth-order valence-corrected chi connectivity index (χ4v) is 2.91. The van der Waals surface area contributed by atoms with Crippen LogP contribution < -0.4 is 9.47 Å². The van der Waals surface area contributed by atoms with Crippen LogP contribution in [-0.2, 0) is 6.61 Å². The van der Waals surface area contributed by atoms with Crippen molar-refractivity contribution in [1.82, 2.24) is 0 Å². The second-order valence-electron chi connectivity index (χ2n) is 6.35. The molecule has 0 saturated heterocycles. The van der Waals surface area contributed by atoms with Crippen molar-refractivity contribution in [3.8, 4) is 11.5 Å². The normalized spacial score (nSPS) is 10.8. The number of carbonyl (C=O) groups excluding carboxylic acids is 1. The molecule has 0 radical (unpaired) electrons. The van der Waals surface area contributed by atoms with Gasteiger partial charge in [-0.25, -0.2) is 0 Å². The number of halogens is 1. The Hall–Kier alpha value is -3.04. The Morgan fingerprint density at radius 1 is 1.00 bits per heavy atom. The zero-order valence-corrected chi connectivity index (χ0v) is 16.6. The second kappa shape index (κ2) is 9.25. The summed E-state index contributed by atoms with van der Waals surface area (Å²) in [5.74, 6) is 1.29. The van der Waals surface area contributed by atoms with Gasteiger partial charge in [0, 0.05) is 11.1 Å². The molecule has 0 aliphatic heterocycles. The first-order chi connectivity index (χ1) is 13.6. The number of ether oxygens (including phenoxy) is 2. The van der Waals surface area contributed by atoms with Crippen LogP contribution >= 0.6 is 11.6 Å². The molecular formula is C24H21ClO3. The smallest absolute Gasteiger partial charge is 0.185 e. The van der Waals surface area contributed by atoms with Crippen LogP contribution in [0, 0.1) is 6.92 Å². The van der Waals surface area contributed by atoms with Crippen molar-refractivity contribution >= 4 is 23.5 Å². The summed E-state index contributed by atoms with van der Waals surface area (Å²) in [5, 5.41) is 0.557. The maximum atomic E-state index is 12.3. The zero-order valence-electron chi connectivity index (χ0n) is 15.8. The van der Waals surface area contributed by atoms with E-state index in [2.05, 4.69) is 0 Å². The van der Waals surface area contributed by atoms with E-state index in [1.165, 1.54) is 0 Å². The van der Waals surface area contributed by atoms with Crippen molar-refractivity contribution in [3.63, 3.8) is 0 Å². The first-order valence-corrected chi connectivity index (χ1v) is 9.28. The topological polar surface area (TPSA) is 35.5 Å². The summed E-state index contributed by atoms with van der Waals surface area (Å²) in [6, 6.07) is 20.5.